The molecule has 0 heterocycles. The predicted molar refractivity (Wildman–Crippen MR) is 82.3 cm³/mol. The number of rotatable bonds is 6. The van der Waals surface area contributed by atoms with Crippen LogP contribution in [-0.4, -0.2) is 12.7 Å². The zero-order valence-electron chi connectivity index (χ0n) is 13.2. The van der Waals surface area contributed by atoms with Crippen molar-refractivity contribution in [2.24, 2.45) is 17.8 Å². The Hall–Kier alpha value is -0.0400. The molecule has 112 valence electrons. The van der Waals surface area contributed by atoms with Gasteiger partial charge in [-0.25, -0.2) is 0 Å². The molecular formula is C18H34O. The van der Waals surface area contributed by atoms with Crippen molar-refractivity contribution in [1.29, 1.82) is 0 Å². The number of hydrogen-bond acceptors (Lipinski definition) is 1. The largest absolute Gasteiger partial charge is 0.378 e. The monoisotopic (exact) mass is 266 g/mol. The highest BCUT2D eigenvalue weighted by atomic mass is 16.5. The van der Waals surface area contributed by atoms with Gasteiger partial charge >= 0.3 is 0 Å². The molecule has 0 amide bonds. The summed E-state index contributed by atoms with van der Waals surface area (Å²) in [5, 5.41) is 0. The molecular weight excluding hydrogens is 232 g/mol. The molecule has 0 aromatic heterocycles. The first-order valence-corrected chi connectivity index (χ1v) is 8.87. The van der Waals surface area contributed by atoms with Crippen molar-refractivity contribution in [2.45, 2.75) is 90.6 Å². The van der Waals surface area contributed by atoms with E-state index in [9.17, 15) is 0 Å². The van der Waals surface area contributed by atoms with Crippen LogP contribution in [0.15, 0.2) is 0 Å². The minimum absolute atomic E-state index is 0.462. The van der Waals surface area contributed by atoms with Gasteiger partial charge in [-0.15, -0.1) is 0 Å². The van der Waals surface area contributed by atoms with Gasteiger partial charge in [0.15, 0.2) is 0 Å². The Morgan fingerprint density at radius 3 is 1.89 bits per heavy atom. The molecule has 2 aliphatic rings. The van der Waals surface area contributed by atoms with Gasteiger partial charge in [0.1, 0.15) is 0 Å². The minimum atomic E-state index is 0.462. The third kappa shape index (κ3) is 5.45. The molecule has 0 N–H and O–H groups in total. The maximum Gasteiger partial charge on any atom is 0.0572 e. The summed E-state index contributed by atoms with van der Waals surface area (Å²) >= 11 is 0. The Bertz CT molecular complexity index is 226. The second-order valence-electron chi connectivity index (χ2n) is 7.26. The fourth-order valence-electron chi connectivity index (χ4n) is 3.95. The molecule has 0 radical (unpaired) electrons. The van der Waals surface area contributed by atoms with E-state index in [1.165, 1.54) is 70.6 Å². The highest BCUT2D eigenvalue weighted by Crippen LogP contribution is 2.31. The Kier molecular flexibility index (Phi) is 6.70. The average Bonchev–Trinajstić information content (AvgIpc) is 2.47. The molecule has 2 aliphatic carbocycles. The molecule has 0 spiro atoms. The van der Waals surface area contributed by atoms with Crippen LogP contribution < -0.4 is 0 Å². The van der Waals surface area contributed by atoms with Gasteiger partial charge in [-0.1, -0.05) is 58.3 Å². The van der Waals surface area contributed by atoms with Gasteiger partial charge in [0.05, 0.1) is 6.10 Å². The lowest BCUT2D eigenvalue weighted by atomic mass is 9.82. The van der Waals surface area contributed by atoms with E-state index in [1.807, 2.05) is 0 Å². The Morgan fingerprint density at radius 2 is 1.32 bits per heavy atom. The van der Waals surface area contributed by atoms with E-state index >= 15 is 0 Å². The molecule has 0 saturated heterocycles. The van der Waals surface area contributed by atoms with Crippen LogP contribution in [0.1, 0.15) is 84.5 Å². The first kappa shape index (κ1) is 15.4. The third-order valence-electron chi connectivity index (χ3n) is 5.55. The standard InChI is InChI=1S/C18H34O/c1-15(13-17-9-5-3-6-10-17)16(2)19-14-18-11-7-4-8-12-18/h15-18H,3-14H2,1-2H3/t15-,16?/m0/s1. The lowest BCUT2D eigenvalue weighted by molar-refractivity contribution is -0.00455. The molecule has 1 nitrogen and oxygen atoms in total. The summed E-state index contributed by atoms with van der Waals surface area (Å²) in [7, 11) is 0. The van der Waals surface area contributed by atoms with Crippen LogP contribution in [0.3, 0.4) is 0 Å². The number of ether oxygens (including phenoxy) is 1. The maximum atomic E-state index is 6.18. The molecule has 2 fully saturated rings. The first-order valence-electron chi connectivity index (χ1n) is 8.87. The summed E-state index contributed by atoms with van der Waals surface area (Å²) in [6, 6.07) is 0. The molecule has 0 aromatic carbocycles. The van der Waals surface area contributed by atoms with E-state index in [2.05, 4.69) is 13.8 Å². The molecule has 1 heteroatoms. The normalized spacial score (nSPS) is 26.2. The van der Waals surface area contributed by atoms with Crippen molar-refractivity contribution in [3.05, 3.63) is 0 Å². The van der Waals surface area contributed by atoms with Crippen molar-refractivity contribution < 1.29 is 4.74 Å². The van der Waals surface area contributed by atoms with Crippen molar-refractivity contribution in [3.8, 4) is 0 Å². The third-order valence-corrected chi connectivity index (χ3v) is 5.55. The second kappa shape index (κ2) is 8.29. The van der Waals surface area contributed by atoms with Gasteiger partial charge in [-0.2, -0.15) is 0 Å². The zero-order valence-corrected chi connectivity index (χ0v) is 13.2. The molecule has 2 atom stereocenters. The van der Waals surface area contributed by atoms with Gasteiger partial charge in [-0.05, 0) is 43.9 Å². The van der Waals surface area contributed by atoms with Gasteiger partial charge in [0, 0.05) is 6.61 Å². The molecule has 2 saturated carbocycles. The summed E-state index contributed by atoms with van der Waals surface area (Å²) in [4.78, 5) is 0. The van der Waals surface area contributed by atoms with Crippen LogP contribution in [0, 0.1) is 17.8 Å². The van der Waals surface area contributed by atoms with Crippen LogP contribution in [-0.2, 0) is 4.74 Å². The van der Waals surface area contributed by atoms with E-state index in [1.54, 1.807) is 0 Å². The van der Waals surface area contributed by atoms with Crippen molar-refractivity contribution in [1.82, 2.24) is 0 Å². The van der Waals surface area contributed by atoms with E-state index in [0.29, 0.717) is 6.10 Å². The first-order chi connectivity index (χ1) is 9.25. The van der Waals surface area contributed by atoms with E-state index < -0.39 is 0 Å². The molecule has 19 heavy (non-hydrogen) atoms. The lowest BCUT2D eigenvalue weighted by Crippen LogP contribution is -2.25. The molecule has 1 unspecified atom stereocenters. The molecule has 2 rings (SSSR count). The van der Waals surface area contributed by atoms with Gasteiger partial charge in [0.25, 0.3) is 0 Å². The van der Waals surface area contributed by atoms with Gasteiger partial charge in [-0.3, -0.25) is 0 Å². The smallest absolute Gasteiger partial charge is 0.0572 e. The highest BCUT2D eigenvalue weighted by molar-refractivity contribution is 4.72. The van der Waals surface area contributed by atoms with E-state index in [0.717, 1.165) is 24.4 Å². The van der Waals surface area contributed by atoms with Crippen LogP contribution >= 0.6 is 0 Å². The fourth-order valence-corrected chi connectivity index (χ4v) is 3.95. The Balaban J connectivity index is 1.62. The summed E-state index contributed by atoms with van der Waals surface area (Å²) in [5.74, 6) is 2.59. The molecule has 0 aromatic rings. The van der Waals surface area contributed by atoms with E-state index in [4.69, 9.17) is 4.74 Å². The topological polar surface area (TPSA) is 9.23 Å². The molecule has 0 bridgehead atoms. The zero-order chi connectivity index (χ0) is 13.5. The van der Waals surface area contributed by atoms with Crippen LogP contribution in [0.2, 0.25) is 0 Å². The average molecular weight is 266 g/mol. The quantitative estimate of drug-likeness (QED) is 0.610. The maximum absolute atomic E-state index is 6.18. The van der Waals surface area contributed by atoms with Crippen LogP contribution in [0.25, 0.3) is 0 Å². The highest BCUT2D eigenvalue weighted by Gasteiger charge is 2.22. The predicted octanol–water partition coefficient (Wildman–Crippen LogP) is 5.58. The number of hydrogen-bond donors (Lipinski definition) is 0. The van der Waals surface area contributed by atoms with Crippen LogP contribution in [0.5, 0.6) is 0 Å². The SMILES string of the molecule is CC(OCC1CCCCC1)[C@@H](C)CC1CCCCC1. The molecule has 0 aliphatic heterocycles. The van der Waals surface area contributed by atoms with Gasteiger partial charge in [0.2, 0.25) is 0 Å². The van der Waals surface area contributed by atoms with Crippen molar-refractivity contribution in [2.75, 3.05) is 6.61 Å². The summed E-state index contributed by atoms with van der Waals surface area (Å²) in [6.07, 6.45) is 16.3. The van der Waals surface area contributed by atoms with E-state index in [-0.39, 0.29) is 0 Å². The second-order valence-corrected chi connectivity index (χ2v) is 7.26. The Morgan fingerprint density at radius 1 is 0.789 bits per heavy atom. The minimum Gasteiger partial charge on any atom is -0.378 e. The van der Waals surface area contributed by atoms with Crippen molar-refractivity contribution >= 4 is 0 Å². The van der Waals surface area contributed by atoms with Crippen molar-refractivity contribution in [3.63, 3.8) is 0 Å². The Labute approximate surface area is 120 Å². The van der Waals surface area contributed by atoms with Gasteiger partial charge < -0.3 is 4.74 Å². The fraction of sp³-hybridized carbons (Fsp3) is 1.00. The summed E-state index contributed by atoms with van der Waals surface area (Å²) in [6.45, 7) is 5.73. The summed E-state index contributed by atoms with van der Waals surface area (Å²) in [5.41, 5.74) is 0. The summed E-state index contributed by atoms with van der Waals surface area (Å²) < 4.78 is 6.18. The lowest BCUT2D eigenvalue weighted by Gasteiger charge is -2.29. The van der Waals surface area contributed by atoms with Crippen LogP contribution in [0.4, 0.5) is 0 Å².